The molecule has 20 heavy (non-hydrogen) atoms. The molecular formula is C16H23ClO3. The van der Waals surface area contributed by atoms with Crippen LogP contribution in [0.1, 0.15) is 39.2 Å². The van der Waals surface area contributed by atoms with E-state index in [0.717, 1.165) is 41.3 Å². The highest BCUT2D eigenvalue weighted by Crippen LogP contribution is 2.36. The van der Waals surface area contributed by atoms with Gasteiger partial charge in [-0.2, -0.15) is 0 Å². The first kappa shape index (κ1) is 15.5. The second kappa shape index (κ2) is 7.19. The second-order valence-electron chi connectivity index (χ2n) is 4.92. The van der Waals surface area contributed by atoms with Gasteiger partial charge in [0.05, 0.1) is 25.4 Å². The zero-order chi connectivity index (χ0) is 14.5. The van der Waals surface area contributed by atoms with E-state index in [1.807, 2.05) is 26.0 Å². The summed E-state index contributed by atoms with van der Waals surface area (Å²) in [6, 6.07) is 3.86. The number of aryl methyl sites for hydroxylation is 1. The minimum atomic E-state index is 0.401. The minimum absolute atomic E-state index is 0.401. The number of rotatable bonds is 8. The molecular weight excluding hydrogens is 276 g/mol. The number of halogens is 1. The topological polar surface area (TPSA) is 31.0 Å². The lowest BCUT2D eigenvalue weighted by atomic mass is 10.1. The van der Waals surface area contributed by atoms with Gasteiger partial charge < -0.3 is 14.2 Å². The summed E-state index contributed by atoms with van der Waals surface area (Å²) in [5.41, 5.74) is 1.10. The largest absolute Gasteiger partial charge is 0.490 e. The van der Waals surface area contributed by atoms with Crippen molar-refractivity contribution in [2.75, 3.05) is 13.2 Å². The van der Waals surface area contributed by atoms with Gasteiger partial charge in [-0.25, -0.2) is 0 Å². The summed E-state index contributed by atoms with van der Waals surface area (Å²) in [7, 11) is 0. The number of hydrogen-bond acceptors (Lipinski definition) is 3. The van der Waals surface area contributed by atoms with Gasteiger partial charge in [0, 0.05) is 11.1 Å². The molecule has 2 rings (SSSR count). The van der Waals surface area contributed by atoms with Crippen molar-refractivity contribution in [2.45, 2.75) is 52.2 Å². The van der Waals surface area contributed by atoms with Crippen LogP contribution in [0.25, 0.3) is 0 Å². The van der Waals surface area contributed by atoms with Crippen LogP contribution in [0, 0.1) is 0 Å². The summed E-state index contributed by atoms with van der Waals surface area (Å²) in [6.07, 6.45) is 3.86. The lowest BCUT2D eigenvalue weighted by Crippen LogP contribution is -2.01. The summed E-state index contributed by atoms with van der Waals surface area (Å²) >= 11 is 6.34. The molecule has 1 aromatic carbocycles. The molecule has 1 aliphatic rings. The van der Waals surface area contributed by atoms with E-state index in [0.29, 0.717) is 25.4 Å². The van der Waals surface area contributed by atoms with Crippen LogP contribution in [-0.2, 0) is 11.2 Å². The Morgan fingerprint density at radius 1 is 1.05 bits per heavy atom. The first-order valence-electron chi connectivity index (χ1n) is 7.43. The zero-order valence-electron chi connectivity index (χ0n) is 12.4. The van der Waals surface area contributed by atoms with Gasteiger partial charge in [-0.15, -0.1) is 0 Å². The standard InChI is InChI=1S/C16H23ClO3/c1-4-13-14(20-13)8-7-11-9-15(18-5-2)16(19-6-3)10-12(11)17/h9-10,13-14H,4-8H2,1-3H3. The Hall–Kier alpha value is -0.930. The van der Waals surface area contributed by atoms with E-state index >= 15 is 0 Å². The Labute approximate surface area is 126 Å². The lowest BCUT2D eigenvalue weighted by Gasteiger charge is -2.14. The molecule has 4 heteroatoms. The Morgan fingerprint density at radius 3 is 2.25 bits per heavy atom. The lowest BCUT2D eigenvalue weighted by molar-refractivity contribution is 0.287. The fraction of sp³-hybridized carbons (Fsp3) is 0.625. The molecule has 0 amide bonds. The maximum atomic E-state index is 6.34. The first-order valence-corrected chi connectivity index (χ1v) is 7.80. The summed E-state index contributed by atoms with van der Waals surface area (Å²) in [4.78, 5) is 0. The monoisotopic (exact) mass is 298 g/mol. The van der Waals surface area contributed by atoms with E-state index in [9.17, 15) is 0 Å². The molecule has 1 saturated heterocycles. The third kappa shape index (κ3) is 3.80. The normalized spacial score (nSPS) is 20.8. The van der Waals surface area contributed by atoms with Crippen molar-refractivity contribution in [3.63, 3.8) is 0 Å². The predicted molar refractivity (Wildman–Crippen MR) is 81.1 cm³/mol. The van der Waals surface area contributed by atoms with Crippen molar-refractivity contribution < 1.29 is 14.2 Å². The molecule has 0 aliphatic carbocycles. The predicted octanol–water partition coefficient (Wildman–Crippen LogP) is 4.25. The van der Waals surface area contributed by atoms with Crippen molar-refractivity contribution in [1.82, 2.24) is 0 Å². The summed E-state index contributed by atoms with van der Waals surface area (Å²) in [6.45, 7) is 7.29. The van der Waals surface area contributed by atoms with Gasteiger partial charge in [0.15, 0.2) is 11.5 Å². The molecule has 3 nitrogen and oxygen atoms in total. The van der Waals surface area contributed by atoms with Gasteiger partial charge in [0.1, 0.15) is 0 Å². The van der Waals surface area contributed by atoms with E-state index in [-0.39, 0.29) is 0 Å². The molecule has 1 aliphatic heterocycles. The van der Waals surface area contributed by atoms with E-state index in [1.54, 1.807) is 0 Å². The van der Waals surface area contributed by atoms with Crippen LogP contribution in [0.2, 0.25) is 5.02 Å². The van der Waals surface area contributed by atoms with Crippen LogP contribution in [0.3, 0.4) is 0 Å². The van der Waals surface area contributed by atoms with E-state index < -0.39 is 0 Å². The Bertz CT molecular complexity index is 448. The van der Waals surface area contributed by atoms with Gasteiger partial charge in [-0.1, -0.05) is 18.5 Å². The molecule has 112 valence electrons. The number of benzene rings is 1. The van der Waals surface area contributed by atoms with Crippen LogP contribution in [0.5, 0.6) is 11.5 Å². The highest BCUT2D eigenvalue weighted by atomic mass is 35.5. The summed E-state index contributed by atoms with van der Waals surface area (Å²) < 4.78 is 16.8. The number of epoxide rings is 1. The van der Waals surface area contributed by atoms with Crippen molar-refractivity contribution in [1.29, 1.82) is 0 Å². The zero-order valence-corrected chi connectivity index (χ0v) is 13.2. The number of ether oxygens (including phenoxy) is 3. The summed E-state index contributed by atoms with van der Waals surface area (Å²) in [5, 5.41) is 0.741. The molecule has 0 N–H and O–H groups in total. The van der Waals surface area contributed by atoms with Crippen LogP contribution in [0.15, 0.2) is 12.1 Å². The van der Waals surface area contributed by atoms with E-state index in [4.69, 9.17) is 25.8 Å². The van der Waals surface area contributed by atoms with E-state index in [2.05, 4.69) is 6.92 Å². The number of hydrogen-bond donors (Lipinski definition) is 0. The molecule has 0 radical (unpaired) electrons. The van der Waals surface area contributed by atoms with Gasteiger partial charge >= 0.3 is 0 Å². The second-order valence-corrected chi connectivity index (χ2v) is 5.32. The molecule has 0 bridgehead atoms. The molecule has 2 atom stereocenters. The SMILES string of the molecule is CCOc1cc(Cl)c(CCC2OC2CC)cc1OCC. The highest BCUT2D eigenvalue weighted by Gasteiger charge is 2.36. The third-order valence-electron chi connectivity index (χ3n) is 3.50. The van der Waals surface area contributed by atoms with Gasteiger partial charge in [-0.05, 0) is 44.7 Å². The maximum Gasteiger partial charge on any atom is 0.162 e. The fourth-order valence-corrected chi connectivity index (χ4v) is 2.64. The van der Waals surface area contributed by atoms with Crippen LogP contribution < -0.4 is 9.47 Å². The van der Waals surface area contributed by atoms with E-state index in [1.165, 1.54) is 0 Å². The van der Waals surface area contributed by atoms with Crippen LogP contribution >= 0.6 is 11.6 Å². The molecule has 0 saturated carbocycles. The minimum Gasteiger partial charge on any atom is -0.490 e. The van der Waals surface area contributed by atoms with Crippen molar-refractivity contribution >= 4 is 11.6 Å². The van der Waals surface area contributed by atoms with Gasteiger partial charge in [0.2, 0.25) is 0 Å². The van der Waals surface area contributed by atoms with Crippen molar-refractivity contribution in [2.24, 2.45) is 0 Å². The Kier molecular flexibility index (Phi) is 5.55. The molecule has 2 unspecified atom stereocenters. The van der Waals surface area contributed by atoms with Crippen LogP contribution in [-0.4, -0.2) is 25.4 Å². The average molecular weight is 299 g/mol. The molecule has 1 aromatic rings. The molecule has 1 fully saturated rings. The molecule has 1 heterocycles. The first-order chi connectivity index (χ1) is 9.69. The van der Waals surface area contributed by atoms with Crippen molar-refractivity contribution in [3.8, 4) is 11.5 Å². The molecule has 0 aromatic heterocycles. The van der Waals surface area contributed by atoms with Crippen LogP contribution in [0.4, 0.5) is 0 Å². The Balaban J connectivity index is 2.05. The average Bonchev–Trinajstić information content (AvgIpc) is 3.19. The van der Waals surface area contributed by atoms with Gasteiger partial charge in [0.25, 0.3) is 0 Å². The Morgan fingerprint density at radius 2 is 1.70 bits per heavy atom. The quantitative estimate of drug-likeness (QED) is 0.672. The highest BCUT2D eigenvalue weighted by molar-refractivity contribution is 6.31. The summed E-state index contributed by atoms with van der Waals surface area (Å²) in [5.74, 6) is 1.50. The maximum absolute atomic E-state index is 6.34. The van der Waals surface area contributed by atoms with Crippen molar-refractivity contribution in [3.05, 3.63) is 22.7 Å². The third-order valence-corrected chi connectivity index (χ3v) is 3.85. The van der Waals surface area contributed by atoms with Gasteiger partial charge in [-0.3, -0.25) is 0 Å². The fourth-order valence-electron chi connectivity index (χ4n) is 2.40. The molecule has 0 spiro atoms. The smallest absolute Gasteiger partial charge is 0.162 e.